The number of pyridine rings is 1. The lowest BCUT2D eigenvalue weighted by atomic mass is 9.84. The van der Waals surface area contributed by atoms with E-state index in [1.807, 2.05) is 79.1 Å². The third-order valence-electron chi connectivity index (χ3n) is 6.79. The van der Waals surface area contributed by atoms with Gasteiger partial charge in [0.1, 0.15) is 0 Å². The van der Waals surface area contributed by atoms with Crippen LogP contribution in [-0.4, -0.2) is 27.9 Å². The molecule has 2 aromatic carbocycles. The number of ether oxygens (including phenoxy) is 1. The van der Waals surface area contributed by atoms with Gasteiger partial charge in [-0.05, 0) is 68.9 Å². The molecule has 0 radical (unpaired) electrons. The van der Waals surface area contributed by atoms with Gasteiger partial charge in [0.15, 0.2) is 6.61 Å². The normalized spacial score (nSPS) is 15.2. The predicted octanol–water partition coefficient (Wildman–Crippen LogP) is 5.81. The van der Waals surface area contributed by atoms with Crippen molar-refractivity contribution in [2.24, 2.45) is 5.92 Å². The Kier molecular flexibility index (Phi) is 5.78. The minimum atomic E-state index is -0.450. The van der Waals surface area contributed by atoms with E-state index in [9.17, 15) is 9.59 Å². The van der Waals surface area contributed by atoms with Crippen LogP contribution in [0.5, 0.6) is 0 Å². The SMILES string of the molecule is Cc1cc(C(=O)COC(=O)c2c3c(nc4ccccc24)CC[C@H](C)C3)c(C)n1-c1ccccc1. The lowest BCUT2D eigenvalue weighted by molar-refractivity contribution is 0.0475. The number of hydrogen-bond acceptors (Lipinski definition) is 4. The number of carbonyl (C=O) groups excluding carboxylic acids is 2. The molecule has 1 aliphatic rings. The van der Waals surface area contributed by atoms with Gasteiger partial charge >= 0.3 is 5.97 Å². The number of nitrogens with zero attached hydrogens (tertiary/aromatic N) is 2. The molecule has 0 fully saturated rings. The first-order valence-corrected chi connectivity index (χ1v) is 11.8. The monoisotopic (exact) mass is 452 g/mol. The van der Waals surface area contributed by atoms with Crippen molar-refractivity contribution in [1.29, 1.82) is 0 Å². The van der Waals surface area contributed by atoms with Gasteiger partial charge in [0.05, 0.1) is 11.1 Å². The Bertz CT molecular complexity index is 1400. The van der Waals surface area contributed by atoms with Gasteiger partial charge in [-0.25, -0.2) is 4.79 Å². The summed E-state index contributed by atoms with van der Waals surface area (Å²) in [4.78, 5) is 31.3. The van der Waals surface area contributed by atoms with Gasteiger partial charge in [-0.15, -0.1) is 0 Å². The molecule has 0 spiro atoms. The van der Waals surface area contributed by atoms with Crippen molar-refractivity contribution in [3.05, 3.63) is 94.4 Å². The van der Waals surface area contributed by atoms with Crippen molar-refractivity contribution in [3.8, 4) is 5.69 Å². The minimum Gasteiger partial charge on any atom is -0.454 e. The summed E-state index contributed by atoms with van der Waals surface area (Å²) in [6.45, 7) is 5.79. The Labute approximate surface area is 199 Å². The van der Waals surface area contributed by atoms with Gasteiger partial charge in [0, 0.05) is 33.7 Å². The fourth-order valence-corrected chi connectivity index (χ4v) is 5.10. The molecule has 0 unspecified atom stereocenters. The van der Waals surface area contributed by atoms with Crippen LogP contribution in [0.2, 0.25) is 0 Å². The number of hydrogen-bond donors (Lipinski definition) is 0. The number of fused-ring (bicyclic) bond motifs is 2. The largest absolute Gasteiger partial charge is 0.454 e. The molecule has 0 saturated carbocycles. The van der Waals surface area contributed by atoms with Crippen LogP contribution < -0.4 is 0 Å². The molecule has 0 amide bonds. The Morgan fingerprint density at radius 2 is 1.79 bits per heavy atom. The second-order valence-corrected chi connectivity index (χ2v) is 9.23. The summed E-state index contributed by atoms with van der Waals surface area (Å²) in [7, 11) is 0. The predicted molar refractivity (Wildman–Crippen MR) is 133 cm³/mol. The summed E-state index contributed by atoms with van der Waals surface area (Å²) in [5.74, 6) is -0.176. The molecule has 0 saturated heterocycles. The summed E-state index contributed by atoms with van der Waals surface area (Å²) in [6, 6.07) is 19.4. The lowest BCUT2D eigenvalue weighted by Crippen LogP contribution is -2.21. The number of aryl methyl sites for hydroxylation is 2. The quantitative estimate of drug-likeness (QED) is 0.283. The van der Waals surface area contributed by atoms with Gasteiger partial charge in [-0.2, -0.15) is 0 Å². The van der Waals surface area contributed by atoms with Crippen LogP contribution in [0.3, 0.4) is 0 Å². The fourth-order valence-electron chi connectivity index (χ4n) is 5.10. The zero-order valence-corrected chi connectivity index (χ0v) is 19.8. The van der Waals surface area contributed by atoms with E-state index in [0.717, 1.165) is 58.5 Å². The first-order chi connectivity index (χ1) is 16.4. The number of para-hydroxylation sites is 2. The highest BCUT2D eigenvalue weighted by Gasteiger charge is 2.27. The third-order valence-corrected chi connectivity index (χ3v) is 6.79. The summed E-state index contributed by atoms with van der Waals surface area (Å²) in [5, 5.41) is 0.787. The Hall–Kier alpha value is -3.73. The second-order valence-electron chi connectivity index (χ2n) is 9.23. The van der Waals surface area contributed by atoms with E-state index in [2.05, 4.69) is 6.92 Å². The van der Waals surface area contributed by atoms with E-state index in [0.29, 0.717) is 17.0 Å². The summed E-state index contributed by atoms with van der Waals surface area (Å²) >= 11 is 0. The zero-order chi connectivity index (χ0) is 23.8. The van der Waals surface area contributed by atoms with Crippen LogP contribution in [0, 0.1) is 19.8 Å². The molecule has 5 nitrogen and oxygen atoms in total. The summed E-state index contributed by atoms with van der Waals surface area (Å²) in [6.07, 6.45) is 2.71. The van der Waals surface area contributed by atoms with E-state index in [1.54, 1.807) is 0 Å². The molecule has 4 aromatic rings. The molecule has 5 rings (SSSR count). The molecule has 0 bridgehead atoms. The molecule has 2 heterocycles. The maximum atomic E-state index is 13.3. The van der Waals surface area contributed by atoms with Crippen LogP contribution >= 0.6 is 0 Å². The maximum absolute atomic E-state index is 13.3. The summed E-state index contributed by atoms with van der Waals surface area (Å²) in [5.41, 5.74) is 6.67. The molecule has 0 aliphatic heterocycles. The Morgan fingerprint density at radius 3 is 2.59 bits per heavy atom. The number of esters is 1. The van der Waals surface area contributed by atoms with E-state index in [-0.39, 0.29) is 12.4 Å². The number of Topliss-reactive ketones (excluding diaryl/α,β-unsaturated/α-hetero) is 1. The minimum absolute atomic E-state index is 0.204. The number of benzene rings is 2. The van der Waals surface area contributed by atoms with Crippen molar-refractivity contribution in [2.45, 2.75) is 40.0 Å². The number of aromatic nitrogens is 2. The van der Waals surface area contributed by atoms with Crippen molar-refractivity contribution in [2.75, 3.05) is 6.61 Å². The van der Waals surface area contributed by atoms with E-state index < -0.39 is 5.97 Å². The zero-order valence-electron chi connectivity index (χ0n) is 19.8. The van der Waals surface area contributed by atoms with Gasteiger partial charge in [-0.1, -0.05) is 43.3 Å². The average Bonchev–Trinajstić information content (AvgIpc) is 3.15. The van der Waals surface area contributed by atoms with Crippen LogP contribution in [0.15, 0.2) is 60.7 Å². The molecule has 2 aromatic heterocycles. The van der Waals surface area contributed by atoms with Crippen LogP contribution in [0.4, 0.5) is 0 Å². The van der Waals surface area contributed by atoms with Crippen molar-refractivity contribution >= 4 is 22.7 Å². The third kappa shape index (κ3) is 3.92. The highest BCUT2D eigenvalue weighted by Crippen LogP contribution is 2.32. The first kappa shape index (κ1) is 22.1. The maximum Gasteiger partial charge on any atom is 0.339 e. The Balaban J connectivity index is 1.43. The lowest BCUT2D eigenvalue weighted by Gasteiger charge is -2.24. The molecule has 34 heavy (non-hydrogen) atoms. The van der Waals surface area contributed by atoms with Crippen LogP contribution in [0.1, 0.15) is 56.7 Å². The topological polar surface area (TPSA) is 61.2 Å². The van der Waals surface area contributed by atoms with Crippen LogP contribution in [0.25, 0.3) is 16.6 Å². The molecule has 0 N–H and O–H groups in total. The number of ketones is 1. The van der Waals surface area contributed by atoms with Crippen molar-refractivity contribution in [1.82, 2.24) is 9.55 Å². The fraction of sp³-hybridized carbons (Fsp3) is 0.276. The van der Waals surface area contributed by atoms with Gasteiger partial charge in [0.25, 0.3) is 0 Å². The number of rotatable bonds is 5. The Morgan fingerprint density at radius 1 is 1.06 bits per heavy atom. The molecule has 172 valence electrons. The standard InChI is InChI=1S/C29H28N2O3/c1-18-13-14-26-24(15-18)28(22-11-7-8-12-25(22)30-26)29(33)34-17-27(32)23-16-19(2)31(20(23)3)21-9-5-4-6-10-21/h4-12,16,18H,13-15,17H2,1-3H3/t18-/m0/s1. The van der Waals surface area contributed by atoms with Crippen LogP contribution in [-0.2, 0) is 17.6 Å². The summed E-state index contributed by atoms with van der Waals surface area (Å²) < 4.78 is 7.68. The van der Waals surface area contributed by atoms with Gasteiger partial charge in [0.2, 0.25) is 5.78 Å². The molecule has 1 atom stereocenters. The van der Waals surface area contributed by atoms with E-state index in [4.69, 9.17) is 9.72 Å². The van der Waals surface area contributed by atoms with E-state index >= 15 is 0 Å². The first-order valence-electron chi connectivity index (χ1n) is 11.8. The molecule has 1 aliphatic carbocycles. The highest BCUT2D eigenvalue weighted by atomic mass is 16.5. The smallest absolute Gasteiger partial charge is 0.339 e. The van der Waals surface area contributed by atoms with Gasteiger partial charge < -0.3 is 9.30 Å². The second kappa shape index (κ2) is 8.90. The van der Waals surface area contributed by atoms with Crippen molar-refractivity contribution in [3.63, 3.8) is 0 Å². The van der Waals surface area contributed by atoms with Gasteiger partial charge in [-0.3, -0.25) is 9.78 Å². The highest BCUT2D eigenvalue weighted by molar-refractivity contribution is 6.06. The molecule has 5 heteroatoms. The molecular weight excluding hydrogens is 424 g/mol. The van der Waals surface area contributed by atoms with Crippen molar-refractivity contribution < 1.29 is 14.3 Å². The molecular formula is C29H28N2O3. The number of carbonyl (C=O) groups is 2. The average molecular weight is 453 g/mol. The van der Waals surface area contributed by atoms with E-state index in [1.165, 1.54) is 0 Å².